The van der Waals surface area contributed by atoms with Crippen molar-refractivity contribution < 1.29 is 24.3 Å². The summed E-state index contributed by atoms with van der Waals surface area (Å²) in [4.78, 5) is 31.6. The Morgan fingerprint density at radius 1 is 1.35 bits per heavy atom. The Kier molecular flexibility index (Phi) is 6.51. The van der Waals surface area contributed by atoms with Gasteiger partial charge in [-0.1, -0.05) is 41.0 Å². The molecule has 0 aliphatic carbocycles. The maximum absolute atomic E-state index is 12.0. The molecule has 0 saturated heterocycles. The predicted molar refractivity (Wildman–Crippen MR) is 94.6 cm³/mol. The lowest BCUT2D eigenvalue weighted by molar-refractivity contribution is -0.114. The first-order chi connectivity index (χ1) is 12.5. The number of ether oxygens (including phenoxy) is 1. The minimum absolute atomic E-state index is 0.0367. The number of amides is 1. The zero-order chi connectivity index (χ0) is 19.1. The summed E-state index contributed by atoms with van der Waals surface area (Å²) in [6, 6.07) is 8.23. The number of carboxylic acids is 1. The monoisotopic (exact) mass is 377 g/mol. The molecule has 1 heterocycles. The summed E-state index contributed by atoms with van der Waals surface area (Å²) < 4.78 is 5.58. The normalized spacial score (nSPS) is 11.0. The van der Waals surface area contributed by atoms with E-state index in [2.05, 4.69) is 15.5 Å². The van der Waals surface area contributed by atoms with Crippen molar-refractivity contribution in [3.8, 4) is 5.88 Å². The van der Waals surface area contributed by atoms with Gasteiger partial charge >= 0.3 is 5.97 Å². The second-order valence-electron chi connectivity index (χ2n) is 4.96. The number of carbonyl (C=O) groups excluding carboxylic acids is 1. The molecule has 2 aromatic rings. The minimum atomic E-state index is -1.14. The van der Waals surface area contributed by atoms with E-state index < -0.39 is 11.9 Å². The van der Waals surface area contributed by atoms with Crippen molar-refractivity contribution in [1.29, 1.82) is 0 Å². The Labute approximate surface area is 154 Å². The molecular weight excluding hydrogens is 362 g/mol. The third-order valence-electron chi connectivity index (χ3n) is 3.32. The van der Waals surface area contributed by atoms with Crippen molar-refractivity contribution in [3.63, 3.8) is 0 Å². The number of pyridine rings is 1. The number of benzene rings is 1. The van der Waals surface area contributed by atoms with Crippen LogP contribution in [0, 0.1) is 0 Å². The smallest absolute Gasteiger partial charge is 0.337 e. The number of aromatic carboxylic acids is 1. The number of nitrogens with one attached hydrogen (secondary N) is 1. The number of likely N-dealkylation sites (N-methyl/N-ethyl adjacent to an activating group) is 1. The average Bonchev–Trinajstić information content (AvgIpc) is 2.64. The van der Waals surface area contributed by atoms with E-state index in [1.54, 1.807) is 24.3 Å². The highest BCUT2D eigenvalue weighted by Crippen LogP contribution is 2.24. The van der Waals surface area contributed by atoms with Gasteiger partial charge < -0.3 is 20.0 Å². The van der Waals surface area contributed by atoms with E-state index >= 15 is 0 Å². The topological polar surface area (TPSA) is 110 Å². The number of carboxylic acid groups (broad SMARTS) is 1. The first-order valence-electron chi connectivity index (χ1n) is 7.41. The fraction of sp³-hybridized carbons (Fsp3) is 0.176. The summed E-state index contributed by atoms with van der Waals surface area (Å²) >= 11 is 6.01. The van der Waals surface area contributed by atoms with Crippen LogP contribution < -0.4 is 10.1 Å². The number of rotatable bonds is 7. The minimum Gasteiger partial charge on any atom is -0.478 e. The SMILES string of the molecule is CNC(=O)/C(=N\OC)c1ccccc1COc1ncc(C(=O)O)cc1Cl. The Morgan fingerprint density at radius 2 is 2.08 bits per heavy atom. The number of oxime groups is 1. The van der Waals surface area contributed by atoms with Gasteiger partial charge in [0.15, 0.2) is 5.71 Å². The van der Waals surface area contributed by atoms with Crippen LogP contribution in [0.4, 0.5) is 0 Å². The van der Waals surface area contributed by atoms with Crippen molar-refractivity contribution in [2.75, 3.05) is 14.2 Å². The summed E-state index contributed by atoms with van der Waals surface area (Å²) in [5, 5.41) is 15.3. The van der Waals surface area contributed by atoms with Gasteiger partial charge in [-0.15, -0.1) is 0 Å². The molecule has 1 amide bonds. The van der Waals surface area contributed by atoms with E-state index in [4.69, 9.17) is 26.3 Å². The largest absolute Gasteiger partial charge is 0.478 e. The van der Waals surface area contributed by atoms with Crippen molar-refractivity contribution in [1.82, 2.24) is 10.3 Å². The van der Waals surface area contributed by atoms with Crippen molar-refractivity contribution in [2.45, 2.75) is 6.61 Å². The maximum Gasteiger partial charge on any atom is 0.337 e. The van der Waals surface area contributed by atoms with Crippen LogP contribution in [0.25, 0.3) is 0 Å². The maximum atomic E-state index is 12.0. The van der Waals surface area contributed by atoms with Gasteiger partial charge in [0.1, 0.15) is 18.7 Å². The molecule has 0 unspecified atom stereocenters. The van der Waals surface area contributed by atoms with Crippen LogP contribution in [-0.2, 0) is 16.2 Å². The standard InChI is InChI=1S/C17H16ClN3O5/c1-19-15(22)14(21-25-2)12-6-4-3-5-10(12)9-26-16-13(18)7-11(8-20-16)17(23)24/h3-8H,9H2,1-2H3,(H,19,22)(H,23,24)/b21-14-. The third-order valence-corrected chi connectivity index (χ3v) is 3.59. The molecule has 1 aromatic heterocycles. The number of carbonyl (C=O) groups is 2. The van der Waals surface area contributed by atoms with E-state index in [1.807, 2.05) is 0 Å². The second-order valence-corrected chi connectivity index (χ2v) is 5.37. The zero-order valence-electron chi connectivity index (χ0n) is 14.0. The van der Waals surface area contributed by atoms with Crippen molar-refractivity contribution in [2.24, 2.45) is 5.16 Å². The summed E-state index contributed by atoms with van der Waals surface area (Å²) in [6.07, 6.45) is 1.15. The Hall–Kier alpha value is -3.13. The van der Waals surface area contributed by atoms with Gasteiger partial charge in [-0.05, 0) is 11.6 Å². The Morgan fingerprint density at radius 3 is 2.69 bits per heavy atom. The molecule has 8 nitrogen and oxygen atoms in total. The highest BCUT2D eigenvalue weighted by molar-refractivity contribution is 6.45. The van der Waals surface area contributed by atoms with E-state index in [9.17, 15) is 9.59 Å². The summed E-state index contributed by atoms with van der Waals surface area (Å²) in [6.45, 7) is 0.0367. The second kappa shape index (κ2) is 8.82. The van der Waals surface area contributed by atoms with Gasteiger partial charge in [0, 0.05) is 18.8 Å². The third kappa shape index (κ3) is 4.48. The number of hydrogen-bond donors (Lipinski definition) is 2. The molecule has 0 radical (unpaired) electrons. The number of aromatic nitrogens is 1. The van der Waals surface area contributed by atoms with Crippen LogP contribution in [0.1, 0.15) is 21.5 Å². The lowest BCUT2D eigenvalue weighted by Gasteiger charge is -2.12. The van der Waals surface area contributed by atoms with E-state index in [0.29, 0.717) is 11.1 Å². The first kappa shape index (κ1) is 19.2. The van der Waals surface area contributed by atoms with E-state index in [1.165, 1.54) is 20.2 Å². The molecule has 0 fully saturated rings. The number of hydrogen-bond acceptors (Lipinski definition) is 6. The molecule has 0 aliphatic heterocycles. The quantitative estimate of drug-likeness (QED) is 0.564. The molecule has 9 heteroatoms. The molecule has 136 valence electrons. The molecule has 0 spiro atoms. The first-order valence-corrected chi connectivity index (χ1v) is 7.78. The van der Waals surface area contributed by atoms with Crippen LogP contribution in [0.15, 0.2) is 41.7 Å². The molecule has 0 aliphatic rings. The van der Waals surface area contributed by atoms with Crippen LogP contribution in [0.3, 0.4) is 0 Å². The molecular formula is C17H16ClN3O5. The molecule has 2 N–H and O–H groups in total. The van der Waals surface area contributed by atoms with Crippen LogP contribution in [0.2, 0.25) is 5.02 Å². The van der Waals surface area contributed by atoms with Crippen molar-refractivity contribution >= 4 is 29.2 Å². The fourth-order valence-electron chi connectivity index (χ4n) is 2.09. The molecule has 1 aromatic carbocycles. The van der Waals surface area contributed by atoms with Crippen LogP contribution in [0.5, 0.6) is 5.88 Å². The van der Waals surface area contributed by atoms with E-state index in [0.717, 1.165) is 6.20 Å². The van der Waals surface area contributed by atoms with Gasteiger partial charge in [-0.2, -0.15) is 0 Å². The van der Waals surface area contributed by atoms with Gasteiger partial charge in [-0.3, -0.25) is 4.79 Å². The summed E-state index contributed by atoms with van der Waals surface area (Å²) in [7, 11) is 2.83. The van der Waals surface area contributed by atoms with Gasteiger partial charge in [-0.25, -0.2) is 9.78 Å². The lowest BCUT2D eigenvalue weighted by atomic mass is 10.0. The Bertz CT molecular complexity index is 854. The molecule has 0 bridgehead atoms. The van der Waals surface area contributed by atoms with Crippen LogP contribution in [-0.4, -0.2) is 41.8 Å². The highest BCUT2D eigenvalue weighted by Gasteiger charge is 2.18. The van der Waals surface area contributed by atoms with Gasteiger partial charge in [0.2, 0.25) is 5.88 Å². The lowest BCUT2D eigenvalue weighted by Crippen LogP contribution is -2.29. The van der Waals surface area contributed by atoms with Crippen molar-refractivity contribution in [3.05, 3.63) is 58.2 Å². The molecule has 2 rings (SSSR count). The number of nitrogens with zero attached hydrogens (tertiary/aromatic N) is 2. The predicted octanol–water partition coefficient (Wildman–Crippen LogP) is 2.11. The van der Waals surface area contributed by atoms with Gasteiger partial charge in [0.25, 0.3) is 5.91 Å². The Balaban J connectivity index is 2.27. The molecule has 0 atom stereocenters. The summed E-state index contributed by atoms with van der Waals surface area (Å²) in [5.74, 6) is -1.47. The highest BCUT2D eigenvalue weighted by atomic mass is 35.5. The fourth-order valence-corrected chi connectivity index (χ4v) is 2.32. The molecule has 26 heavy (non-hydrogen) atoms. The molecule has 0 saturated carbocycles. The summed E-state index contributed by atoms with van der Waals surface area (Å²) in [5.41, 5.74) is 1.21. The van der Waals surface area contributed by atoms with Crippen LogP contribution >= 0.6 is 11.6 Å². The zero-order valence-corrected chi connectivity index (χ0v) is 14.8. The number of halogens is 1. The van der Waals surface area contributed by atoms with Gasteiger partial charge in [0.05, 0.1) is 5.56 Å². The average molecular weight is 378 g/mol. The van der Waals surface area contributed by atoms with E-state index in [-0.39, 0.29) is 28.8 Å².